The van der Waals surface area contributed by atoms with Gasteiger partial charge in [-0.2, -0.15) is 0 Å². The van der Waals surface area contributed by atoms with E-state index in [4.69, 9.17) is 4.74 Å². The van der Waals surface area contributed by atoms with Crippen molar-refractivity contribution < 1.29 is 14.3 Å². The van der Waals surface area contributed by atoms with Crippen LogP contribution in [0, 0.1) is 0 Å². The number of hydrogen-bond acceptors (Lipinski definition) is 3. The molecule has 1 saturated carbocycles. The number of nitrogens with one attached hydrogen (secondary N) is 2. The monoisotopic (exact) mass is 248 g/mol. The van der Waals surface area contributed by atoms with E-state index in [1.54, 1.807) is 18.2 Å². The third-order valence-electron chi connectivity index (χ3n) is 2.55. The third kappa shape index (κ3) is 3.23. The highest BCUT2D eigenvalue weighted by Crippen LogP contribution is 2.23. The fourth-order valence-electron chi connectivity index (χ4n) is 1.51. The lowest BCUT2D eigenvalue weighted by atomic mass is 10.3. The number of anilines is 1. The maximum absolute atomic E-state index is 11.7. The van der Waals surface area contributed by atoms with Gasteiger partial charge in [0.25, 0.3) is 0 Å². The van der Waals surface area contributed by atoms with Gasteiger partial charge in [0.2, 0.25) is 0 Å². The average molecular weight is 248 g/mol. The SMILES string of the molecule is CCOc1ccccc1NC(=O)C(=O)NC1CC1. The van der Waals surface area contributed by atoms with Crippen LogP contribution >= 0.6 is 0 Å². The Morgan fingerprint density at radius 1 is 1.28 bits per heavy atom. The number of para-hydroxylation sites is 2. The summed E-state index contributed by atoms with van der Waals surface area (Å²) in [6.07, 6.45) is 1.91. The molecule has 5 nitrogen and oxygen atoms in total. The summed E-state index contributed by atoms with van der Waals surface area (Å²) in [4.78, 5) is 23.2. The third-order valence-corrected chi connectivity index (χ3v) is 2.55. The van der Waals surface area contributed by atoms with Crippen LogP contribution < -0.4 is 15.4 Å². The van der Waals surface area contributed by atoms with E-state index < -0.39 is 11.8 Å². The van der Waals surface area contributed by atoms with Gasteiger partial charge < -0.3 is 15.4 Å². The highest BCUT2D eigenvalue weighted by Gasteiger charge is 2.26. The van der Waals surface area contributed by atoms with Crippen molar-refractivity contribution in [3.63, 3.8) is 0 Å². The number of carbonyl (C=O) groups excluding carboxylic acids is 2. The van der Waals surface area contributed by atoms with Crippen LogP contribution in [0.3, 0.4) is 0 Å². The van der Waals surface area contributed by atoms with Crippen LogP contribution in [0.1, 0.15) is 19.8 Å². The first-order chi connectivity index (χ1) is 8.70. The molecule has 18 heavy (non-hydrogen) atoms. The molecule has 0 heterocycles. The van der Waals surface area contributed by atoms with E-state index >= 15 is 0 Å². The van der Waals surface area contributed by atoms with Crippen molar-refractivity contribution in [1.82, 2.24) is 5.32 Å². The lowest BCUT2D eigenvalue weighted by Gasteiger charge is -2.10. The molecule has 2 amide bonds. The summed E-state index contributed by atoms with van der Waals surface area (Å²) in [5, 5.41) is 5.19. The second-order valence-electron chi connectivity index (χ2n) is 4.13. The van der Waals surface area contributed by atoms with E-state index in [1.165, 1.54) is 0 Å². The summed E-state index contributed by atoms with van der Waals surface area (Å²) in [7, 11) is 0. The first-order valence-electron chi connectivity index (χ1n) is 6.04. The Hall–Kier alpha value is -2.04. The van der Waals surface area contributed by atoms with Crippen LogP contribution in [0.25, 0.3) is 0 Å². The average Bonchev–Trinajstić information content (AvgIpc) is 3.16. The first-order valence-corrected chi connectivity index (χ1v) is 6.04. The fourth-order valence-corrected chi connectivity index (χ4v) is 1.51. The molecular weight excluding hydrogens is 232 g/mol. The maximum atomic E-state index is 11.7. The smallest absolute Gasteiger partial charge is 0.313 e. The van der Waals surface area contributed by atoms with Crippen LogP contribution in [0.4, 0.5) is 5.69 Å². The molecule has 2 N–H and O–H groups in total. The molecule has 0 saturated heterocycles. The standard InChI is InChI=1S/C13H16N2O3/c1-2-18-11-6-4-3-5-10(11)15-13(17)12(16)14-9-7-8-9/h3-6,9H,2,7-8H2,1H3,(H,14,16)(H,15,17). The molecule has 5 heteroatoms. The number of amides is 2. The van der Waals surface area contributed by atoms with Crippen molar-refractivity contribution in [2.45, 2.75) is 25.8 Å². The van der Waals surface area contributed by atoms with Crippen molar-refractivity contribution in [1.29, 1.82) is 0 Å². The van der Waals surface area contributed by atoms with Crippen molar-refractivity contribution in [3.05, 3.63) is 24.3 Å². The number of ether oxygens (including phenoxy) is 1. The Labute approximate surface area is 106 Å². The van der Waals surface area contributed by atoms with Gasteiger partial charge in [0.15, 0.2) is 0 Å². The van der Waals surface area contributed by atoms with E-state index in [1.807, 2.05) is 13.0 Å². The van der Waals surface area contributed by atoms with E-state index in [-0.39, 0.29) is 6.04 Å². The van der Waals surface area contributed by atoms with Gasteiger partial charge in [0.1, 0.15) is 5.75 Å². The molecule has 1 aliphatic rings. The maximum Gasteiger partial charge on any atom is 0.313 e. The second-order valence-corrected chi connectivity index (χ2v) is 4.13. The summed E-state index contributed by atoms with van der Waals surface area (Å²) in [6, 6.07) is 7.21. The van der Waals surface area contributed by atoms with Gasteiger partial charge in [-0.05, 0) is 31.9 Å². The number of hydrogen-bond donors (Lipinski definition) is 2. The van der Waals surface area contributed by atoms with Gasteiger partial charge in [0.05, 0.1) is 12.3 Å². The van der Waals surface area contributed by atoms with Crippen molar-refractivity contribution in [3.8, 4) is 5.75 Å². The lowest BCUT2D eigenvalue weighted by molar-refractivity contribution is -0.136. The van der Waals surface area contributed by atoms with Gasteiger partial charge in [-0.15, -0.1) is 0 Å². The normalized spacial score (nSPS) is 13.8. The van der Waals surface area contributed by atoms with E-state index in [0.717, 1.165) is 12.8 Å². The van der Waals surface area contributed by atoms with Gasteiger partial charge in [-0.3, -0.25) is 9.59 Å². The van der Waals surface area contributed by atoms with Crippen molar-refractivity contribution in [2.24, 2.45) is 0 Å². The summed E-state index contributed by atoms with van der Waals surface area (Å²) < 4.78 is 5.36. The largest absolute Gasteiger partial charge is 0.492 e. The van der Waals surface area contributed by atoms with Gasteiger partial charge in [-0.1, -0.05) is 12.1 Å². The molecule has 0 spiro atoms. The Morgan fingerprint density at radius 2 is 2.00 bits per heavy atom. The zero-order valence-electron chi connectivity index (χ0n) is 10.2. The van der Waals surface area contributed by atoms with Gasteiger partial charge in [0, 0.05) is 6.04 Å². The molecule has 1 aliphatic carbocycles. The summed E-state index contributed by atoms with van der Waals surface area (Å²) >= 11 is 0. The van der Waals surface area contributed by atoms with Gasteiger partial charge in [-0.25, -0.2) is 0 Å². The minimum absolute atomic E-state index is 0.172. The predicted octanol–water partition coefficient (Wildman–Crippen LogP) is 1.30. The number of carbonyl (C=O) groups is 2. The van der Waals surface area contributed by atoms with E-state index in [9.17, 15) is 9.59 Å². The van der Waals surface area contributed by atoms with Crippen LogP contribution in [0.5, 0.6) is 5.75 Å². The summed E-state index contributed by atoms with van der Waals surface area (Å²) in [6.45, 7) is 2.36. The van der Waals surface area contributed by atoms with Crippen molar-refractivity contribution >= 4 is 17.5 Å². The molecule has 0 bridgehead atoms. The quantitative estimate of drug-likeness (QED) is 0.789. The Kier molecular flexibility index (Phi) is 3.82. The number of rotatable bonds is 4. The van der Waals surface area contributed by atoms with E-state index in [2.05, 4.69) is 10.6 Å². The lowest BCUT2D eigenvalue weighted by Crippen LogP contribution is -2.36. The summed E-state index contributed by atoms with van der Waals surface area (Å²) in [5.41, 5.74) is 0.510. The molecule has 1 fully saturated rings. The molecule has 96 valence electrons. The topological polar surface area (TPSA) is 67.4 Å². The molecule has 0 unspecified atom stereocenters. The highest BCUT2D eigenvalue weighted by molar-refractivity contribution is 6.39. The molecule has 1 aromatic carbocycles. The summed E-state index contributed by atoms with van der Waals surface area (Å²) in [5.74, 6) is -0.689. The zero-order chi connectivity index (χ0) is 13.0. The molecule has 0 aliphatic heterocycles. The van der Waals surface area contributed by atoms with Crippen LogP contribution in [-0.4, -0.2) is 24.5 Å². The minimum Gasteiger partial charge on any atom is -0.492 e. The molecule has 1 aromatic rings. The first kappa shape index (κ1) is 12.4. The van der Waals surface area contributed by atoms with Crippen LogP contribution in [0.2, 0.25) is 0 Å². The van der Waals surface area contributed by atoms with E-state index in [0.29, 0.717) is 18.0 Å². The Bertz CT molecular complexity index is 455. The Balaban J connectivity index is 1.98. The zero-order valence-corrected chi connectivity index (χ0v) is 10.2. The van der Waals surface area contributed by atoms with Crippen LogP contribution in [0.15, 0.2) is 24.3 Å². The fraction of sp³-hybridized carbons (Fsp3) is 0.385. The molecule has 2 rings (SSSR count). The number of benzene rings is 1. The highest BCUT2D eigenvalue weighted by atomic mass is 16.5. The Morgan fingerprint density at radius 3 is 2.67 bits per heavy atom. The molecule has 0 aromatic heterocycles. The minimum atomic E-state index is -0.658. The van der Waals surface area contributed by atoms with Crippen molar-refractivity contribution in [2.75, 3.05) is 11.9 Å². The molecule has 0 atom stereocenters. The molecular formula is C13H16N2O3. The second kappa shape index (κ2) is 5.53. The predicted molar refractivity (Wildman–Crippen MR) is 67.4 cm³/mol. The van der Waals surface area contributed by atoms with Crippen LogP contribution in [-0.2, 0) is 9.59 Å². The van der Waals surface area contributed by atoms with Gasteiger partial charge >= 0.3 is 11.8 Å². The molecule has 0 radical (unpaired) electrons.